The Kier molecular flexibility index (Phi) is 7.91. The van der Waals surface area contributed by atoms with Crippen LogP contribution in [0.15, 0.2) is 70.0 Å². The molecule has 3 aromatic rings. The van der Waals surface area contributed by atoms with Crippen LogP contribution in [0, 0.1) is 19.7 Å². The van der Waals surface area contributed by atoms with Crippen molar-refractivity contribution >= 4 is 56.5 Å². The van der Waals surface area contributed by atoms with Gasteiger partial charge in [0.05, 0.1) is 9.38 Å². The number of halogens is 2. The van der Waals surface area contributed by atoms with E-state index in [-0.39, 0.29) is 23.9 Å². The molecule has 1 heterocycles. The number of carbonyl (C=O) groups is 3. The van der Waals surface area contributed by atoms with Crippen LogP contribution in [0.25, 0.3) is 6.08 Å². The first-order chi connectivity index (χ1) is 17.2. The van der Waals surface area contributed by atoms with Gasteiger partial charge in [0, 0.05) is 11.3 Å². The summed E-state index contributed by atoms with van der Waals surface area (Å²) in [4.78, 5) is 38.8. The maximum absolute atomic E-state index is 13.8. The molecule has 184 valence electrons. The molecule has 3 amide bonds. The Morgan fingerprint density at radius 1 is 1.08 bits per heavy atom. The molecule has 1 aliphatic heterocycles. The average Bonchev–Trinajstić information content (AvgIpc) is 3.09. The molecule has 0 aliphatic carbocycles. The maximum Gasteiger partial charge on any atom is 0.294 e. The first-order valence-corrected chi connectivity index (χ1v) is 12.6. The van der Waals surface area contributed by atoms with Gasteiger partial charge in [-0.15, -0.1) is 0 Å². The quantitative estimate of drug-likeness (QED) is 0.331. The molecule has 0 unspecified atom stereocenters. The second kappa shape index (κ2) is 11.1. The van der Waals surface area contributed by atoms with Gasteiger partial charge in [-0.05, 0) is 94.6 Å². The Balaban J connectivity index is 1.40. The van der Waals surface area contributed by atoms with E-state index in [2.05, 4.69) is 21.2 Å². The van der Waals surface area contributed by atoms with Crippen molar-refractivity contribution in [3.8, 4) is 5.75 Å². The Labute approximate surface area is 220 Å². The lowest BCUT2D eigenvalue weighted by molar-refractivity contribution is -0.127. The number of nitrogens with one attached hydrogen (secondary N) is 1. The average molecular weight is 569 g/mol. The number of hydrogen-bond acceptors (Lipinski definition) is 5. The van der Waals surface area contributed by atoms with Crippen LogP contribution in [0.2, 0.25) is 0 Å². The molecule has 0 atom stereocenters. The van der Waals surface area contributed by atoms with Crippen molar-refractivity contribution in [1.82, 2.24) is 4.90 Å². The number of nitrogens with zero attached hydrogens (tertiary/aromatic N) is 1. The highest BCUT2D eigenvalue weighted by Gasteiger charge is 2.36. The lowest BCUT2D eigenvalue weighted by Gasteiger charge is -2.13. The summed E-state index contributed by atoms with van der Waals surface area (Å²) in [5, 5.41) is 2.22. The zero-order valence-electron chi connectivity index (χ0n) is 19.5. The number of amides is 3. The molecule has 1 fully saturated rings. The van der Waals surface area contributed by atoms with Crippen LogP contribution in [-0.2, 0) is 16.2 Å². The van der Waals surface area contributed by atoms with Gasteiger partial charge < -0.3 is 10.1 Å². The second-order valence-electron chi connectivity index (χ2n) is 8.19. The SMILES string of the molecule is Cc1ccc(NC(=O)CN2C(=O)S/C(=C/c3ccc(OCc4ccccc4F)c(Br)c3)C2=O)cc1C. The third-order valence-electron chi connectivity index (χ3n) is 5.56. The minimum absolute atomic E-state index is 0.0632. The van der Waals surface area contributed by atoms with Crippen LogP contribution in [0.3, 0.4) is 0 Å². The molecule has 0 bridgehead atoms. The van der Waals surface area contributed by atoms with Crippen molar-refractivity contribution in [2.24, 2.45) is 0 Å². The van der Waals surface area contributed by atoms with Gasteiger partial charge in [-0.25, -0.2) is 4.39 Å². The van der Waals surface area contributed by atoms with Gasteiger partial charge in [0.1, 0.15) is 24.7 Å². The fourth-order valence-electron chi connectivity index (χ4n) is 3.45. The number of imide groups is 1. The van der Waals surface area contributed by atoms with E-state index in [1.54, 1.807) is 48.5 Å². The molecule has 9 heteroatoms. The first kappa shape index (κ1) is 25.7. The Hall–Kier alpha value is -3.43. The molecule has 1 aliphatic rings. The van der Waals surface area contributed by atoms with Gasteiger partial charge in [0.2, 0.25) is 5.91 Å². The van der Waals surface area contributed by atoms with Crippen molar-refractivity contribution in [3.05, 3.63) is 98.1 Å². The summed E-state index contributed by atoms with van der Waals surface area (Å²) in [5.41, 5.74) is 3.82. The van der Waals surface area contributed by atoms with Gasteiger partial charge in [0.15, 0.2) is 0 Å². The summed E-state index contributed by atoms with van der Waals surface area (Å²) >= 11 is 4.21. The lowest BCUT2D eigenvalue weighted by atomic mass is 10.1. The van der Waals surface area contributed by atoms with Crippen LogP contribution in [-0.4, -0.2) is 28.5 Å². The zero-order valence-corrected chi connectivity index (χ0v) is 21.9. The molecular weight excluding hydrogens is 547 g/mol. The summed E-state index contributed by atoms with van der Waals surface area (Å²) in [6.45, 7) is 3.60. The van der Waals surface area contributed by atoms with Crippen LogP contribution in [0.1, 0.15) is 22.3 Å². The first-order valence-electron chi connectivity index (χ1n) is 11.0. The number of carbonyl (C=O) groups excluding carboxylic acids is 3. The Bertz CT molecular complexity index is 1390. The van der Waals surface area contributed by atoms with Gasteiger partial charge >= 0.3 is 0 Å². The van der Waals surface area contributed by atoms with Crippen molar-refractivity contribution in [1.29, 1.82) is 0 Å². The van der Waals surface area contributed by atoms with Crippen molar-refractivity contribution in [3.63, 3.8) is 0 Å². The van der Waals surface area contributed by atoms with E-state index in [9.17, 15) is 18.8 Å². The van der Waals surface area contributed by atoms with Crippen molar-refractivity contribution in [2.45, 2.75) is 20.5 Å². The van der Waals surface area contributed by atoms with Gasteiger partial charge in [-0.2, -0.15) is 0 Å². The van der Waals surface area contributed by atoms with E-state index in [0.717, 1.165) is 27.8 Å². The number of thioether (sulfide) groups is 1. The monoisotopic (exact) mass is 568 g/mol. The summed E-state index contributed by atoms with van der Waals surface area (Å²) in [5.74, 6) is -0.827. The Morgan fingerprint density at radius 3 is 2.58 bits per heavy atom. The third kappa shape index (κ3) is 6.03. The fraction of sp³-hybridized carbons (Fsp3) is 0.148. The zero-order chi connectivity index (χ0) is 25.8. The van der Waals surface area contributed by atoms with E-state index in [1.165, 1.54) is 6.07 Å². The van der Waals surface area contributed by atoms with E-state index >= 15 is 0 Å². The molecule has 1 saturated heterocycles. The smallest absolute Gasteiger partial charge is 0.294 e. The normalized spacial score (nSPS) is 14.4. The predicted molar refractivity (Wildman–Crippen MR) is 142 cm³/mol. The summed E-state index contributed by atoms with van der Waals surface area (Å²) in [7, 11) is 0. The highest BCUT2D eigenvalue weighted by Crippen LogP contribution is 2.34. The maximum atomic E-state index is 13.8. The highest BCUT2D eigenvalue weighted by atomic mass is 79.9. The molecule has 36 heavy (non-hydrogen) atoms. The summed E-state index contributed by atoms with van der Waals surface area (Å²) in [6.07, 6.45) is 1.58. The highest BCUT2D eigenvalue weighted by molar-refractivity contribution is 9.10. The fourth-order valence-corrected chi connectivity index (χ4v) is 4.80. The summed E-state index contributed by atoms with van der Waals surface area (Å²) in [6, 6.07) is 17.0. The van der Waals surface area contributed by atoms with Crippen molar-refractivity contribution in [2.75, 3.05) is 11.9 Å². The Morgan fingerprint density at radius 2 is 1.86 bits per heavy atom. The molecular formula is C27H22BrFN2O4S. The number of benzene rings is 3. The number of hydrogen-bond donors (Lipinski definition) is 1. The third-order valence-corrected chi connectivity index (χ3v) is 7.09. The van der Waals surface area contributed by atoms with Crippen LogP contribution in [0.4, 0.5) is 14.9 Å². The number of rotatable bonds is 7. The topological polar surface area (TPSA) is 75.7 Å². The molecule has 6 nitrogen and oxygen atoms in total. The molecule has 0 aromatic heterocycles. The van der Waals surface area contributed by atoms with Gasteiger partial charge in [-0.1, -0.05) is 30.3 Å². The van der Waals surface area contributed by atoms with E-state index in [0.29, 0.717) is 27.0 Å². The van der Waals surface area contributed by atoms with E-state index in [1.807, 2.05) is 26.0 Å². The van der Waals surface area contributed by atoms with Crippen LogP contribution >= 0.6 is 27.7 Å². The van der Waals surface area contributed by atoms with E-state index in [4.69, 9.17) is 4.74 Å². The number of anilines is 1. The lowest BCUT2D eigenvalue weighted by Crippen LogP contribution is -2.36. The second-order valence-corrected chi connectivity index (χ2v) is 10.0. The van der Waals surface area contributed by atoms with Crippen LogP contribution < -0.4 is 10.1 Å². The van der Waals surface area contributed by atoms with Gasteiger partial charge in [0.25, 0.3) is 11.1 Å². The largest absolute Gasteiger partial charge is 0.488 e. The van der Waals surface area contributed by atoms with E-state index < -0.39 is 17.1 Å². The molecule has 3 aromatic carbocycles. The van der Waals surface area contributed by atoms with Crippen molar-refractivity contribution < 1.29 is 23.5 Å². The number of aryl methyl sites for hydroxylation is 2. The molecule has 0 spiro atoms. The van der Waals surface area contributed by atoms with Crippen LogP contribution in [0.5, 0.6) is 5.75 Å². The minimum Gasteiger partial charge on any atom is -0.488 e. The standard InChI is InChI=1S/C27H22BrFN2O4S/c1-16-7-9-20(11-17(16)2)30-25(32)14-31-26(33)24(36-27(31)34)13-18-8-10-23(21(28)12-18)35-15-19-5-3-4-6-22(19)29/h3-13H,14-15H2,1-2H3,(H,30,32)/b24-13+. The molecule has 1 N–H and O–H groups in total. The predicted octanol–water partition coefficient (Wildman–Crippen LogP) is 6.46. The van der Waals surface area contributed by atoms with Gasteiger partial charge in [-0.3, -0.25) is 19.3 Å². The molecule has 0 radical (unpaired) electrons. The molecule has 0 saturated carbocycles. The number of ether oxygens (including phenoxy) is 1. The molecule has 4 rings (SSSR count). The summed E-state index contributed by atoms with van der Waals surface area (Å²) < 4.78 is 20.1. The minimum atomic E-state index is -0.531.